The summed E-state index contributed by atoms with van der Waals surface area (Å²) in [7, 11) is 1.82. The molecule has 2 aromatic heterocycles. The molecule has 10 heteroatoms. The second-order valence-electron chi connectivity index (χ2n) is 9.32. The van der Waals surface area contributed by atoms with Gasteiger partial charge in [-0.2, -0.15) is 5.10 Å². The molecule has 174 valence electrons. The third kappa shape index (κ3) is 4.22. The lowest BCUT2D eigenvalue weighted by Gasteiger charge is -2.36. The molecule has 1 N–H and O–H groups in total. The number of aliphatic carboxylic acids is 1. The van der Waals surface area contributed by atoms with E-state index in [-0.39, 0.29) is 24.4 Å². The van der Waals surface area contributed by atoms with Crippen LogP contribution in [0.4, 0.5) is 0 Å². The molecule has 3 aromatic rings. The van der Waals surface area contributed by atoms with E-state index in [9.17, 15) is 14.7 Å². The van der Waals surface area contributed by atoms with Gasteiger partial charge in [0.05, 0.1) is 6.54 Å². The van der Waals surface area contributed by atoms with Gasteiger partial charge in [-0.05, 0) is 36.2 Å². The van der Waals surface area contributed by atoms with Crippen molar-refractivity contribution in [1.29, 1.82) is 0 Å². The molecule has 0 radical (unpaired) electrons. The number of hydrogen-bond acceptors (Lipinski definition) is 6. The smallest absolute Gasteiger partial charge is 0.333 e. The zero-order valence-corrected chi connectivity index (χ0v) is 21.3. The highest BCUT2D eigenvalue weighted by Crippen LogP contribution is 2.42. The van der Waals surface area contributed by atoms with Gasteiger partial charge in [-0.25, -0.2) is 9.78 Å². The summed E-state index contributed by atoms with van der Waals surface area (Å²) in [6.45, 7) is 6.46. The Bertz CT molecular complexity index is 1160. The molecular weight excluding hydrogens is 506 g/mol. The minimum atomic E-state index is -1.52. The van der Waals surface area contributed by atoms with Crippen LogP contribution in [0.2, 0.25) is 0 Å². The summed E-state index contributed by atoms with van der Waals surface area (Å²) in [4.78, 5) is 34.6. The number of carbonyl (C=O) groups is 2. The minimum Gasteiger partial charge on any atom is -0.479 e. The zero-order chi connectivity index (χ0) is 24.0. The van der Waals surface area contributed by atoms with Crippen molar-refractivity contribution >= 4 is 39.1 Å². The number of hydrogen-bond donors (Lipinski definition) is 1. The number of likely N-dealkylation sites (N-methyl/N-ethyl adjacent to an activating group) is 1. The van der Waals surface area contributed by atoms with E-state index in [0.29, 0.717) is 10.6 Å². The van der Waals surface area contributed by atoms with Gasteiger partial charge in [0.2, 0.25) is 0 Å². The molecule has 3 heterocycles. The third-order valence-corrected chi connectivity index (χ3v) is 7.40. The summed E-state index contributed by atoms with van der Waals surface area (Å²) in [5.74, 6) is -1.45. The first-order valence-electron chi connectivity index (χ1n) is 10.5. The van der Waals surface area contributed by atoms with Crippen molar-refractivity contribution in [2.75, 3.05) is 13.6 Å². The SMILES string of the molecule is CN1CC(Cn2cccn2)(C(=O)O)N(C(=O)c2ccc(C(C)(C)C)c(Br)c2)C1c1nccs1. The predicted octanol–water partition coefficient (Wildman–Crippen LogP) is 4.01. The second-order valence-corrected chi connectivity index (χ2v) is 11.1. The Morgan fingerprint density at radius 1 is 1.30 bits per heavy atom. The highest BCUT2D eigenvalue weighted by atomic mass is 79.9. The van der Waals surface area contributed by atoms with Crippen LogP contribution < -0.4 is 0 Å². The predicted molar refractivity (Wildman–Crippen MR) is 129 cm³/mol. The molecular formula is C23H26BrN5O3S. The van der Waals surface area contributed by atoms with Gasteiger partial charge in [-0.3, -0.25) is 19.3 Å². The molecule has 2 unspecified atom stereocenters. The number of rotatable bonds is 5. The van der Waals surface area contributed by atoms with Crippen molar-refractivity contribution in [1.82, 2.24) is 24.6 Å². The summed E-state index contributed by atoms with van der Waals surface area (Å²) in [6, 6.07) is 7.21. The molecule has 1 amide bonds. The first-order valence-corrected chi connectivity index (χ1v) is 12.2. The molecule has 1 aliphatic heterocycles. The molecule has 33 heavy (non-hydrogen) atoms. The Labute approximate surface area is 205 Å². The van der Waals surface area contributed by atoms with Crippen molar-refractivity contribution in [3.63, 3.8) is 0 Å². The number of benzene rings is 1. The molecule has 0 saturated carbocycles. The Balaban J connectivity index is 1.84. The van der Waals surface area contributed by atoms with Gasteiger partial charge in [0.15, 0.2) is 5.54 Å². The lowest BCUT2D eigenvalue weighted by atomic mass is 9.86. The summed E-state index contributed by atoms with van der Waals surface area (Å²) in [6.07, 6.45) is 4.37. The van der Waals surface area contributed by atoms with Crippen LogP contribution in [0, 0.1) is 0 Å². The van der Waals surface area contributed by atoms with E-state index in [4.69, 9.17) is 0 Å². The maximum Gasteiger partial charge on any atom is 0.333 e. The van der Waals surface area contributed by atoms with Crippen LogP contribution in [0.15, 0.2) is 52.7 Å². The van der Waals surface area contributed by atoms with Crippen molar-refractivity contribution in [3.05, 3.63) is 68.8 Å². The summed E-state index contributed by atoms with van der Waals surface area (Å²) < 4.78 is 2.37. The van der Waals surface area contributed by atoms with Gasteiger partial charge in [0, 0.05) is 40.6 Å². The molecule has 4 rings (SSSR count). The van der Waals surface area contributed by atoms with E-state index in [2.05, 4.69) is 46.8 Å². The fourth-order valence-electron chi connectivity index (χ4n) is 4.39. The van der Waals surface area contributed by atoms with Crippen LogP contribution in [0.1, 0.15) is 47.9 Å². The number of carbonyl (C=O) groups excluding carboxylic acids is 1. The van der Waals surface area contributed by atoms with E-state index >= 15 is 0 Å². The minimum absolute atomic E-state index is 0.0224. The lowest BCUT2D eigenvalue weighted by Crippen LogP contribution is -2.58. The lowest BCUT2D eigenvalue weighted by molar-refractivity contribution is -0.149. The van der Waals surface area contributed by atoms with Gasteiger partial charge < -0.3 is 5.11 Å². The van der Waals surface area contributed by atoms with E-state index in [1.165, 1.54) is 16.2 Å². The monoisotopic (exact) mass is 531 g/mol. The molecule has 0 spiro atoms. The van der Waals surface area contributed by atoms with Crippen LogP contribution in [0.5, 0.6) is 0 Å². The summed E-state index contributed by atoms with van der Waals surface area (Å²) in [5, 5.41) is 17.2. The van der Waals surface area contributed by atoms with E-state index in [0.717, 1.165) is 10.0 Å². The maximum atomic E-state index is 14.0. The molecule has 0 aliphatic carbocycles. The first kappa shape index (κ1) is 23.6. The zero-order valence-electron chi connectivity index (χ0n) is 18.9. The number of thiazole rings is 1. The normalized spacial score (nSPS) is 21.5. The van der Waals surface area contributed by atoms with Gasteiger partial charge in [-0.15, -0.1) is 11.3 Å². The second kappa shape index (κ2) is 8.66. The van der Waals surface area contributed by atoms with Crippen LogP contribution in [0.25, 0.3) is 0 Å². The highest BCUT2D eigenvalue weighted by molar-refractivity contribution is 9.10. The molecule has 1 aromatic carbocycles. The fourth-order valence-corrected chi connectivity index (χ4v) is 6.16. The summed E-state index contributed by atoms with van der Waals surface area (Å²) in [5.41, 5.74) is -0.153. The molecule has 8 nitrogen and oxygen atoms in total. The summed E-state index contributed by atoms with van der Waals surface area (Å²) >= 11 is 5.01. The van der Waals surface area contributed by atoms with Crippen LogP contribution >= 0.6 is 27.3 Å². The van der Waals surface area contributed by atoms with Crippen LogP contribution in [0.3, 0.4) is 0 Å². The maximum absolute atomic E-state index is 14.0. The molecule has 1 aliphatic rings. The Kier molecular flexibility index (Phi) is 6.19. The largest absolute Gasteiger partial charge is 0.479 e. The Morgan fingerprint density at radius 3 is 2.61 bits per heavy atom. The molecule has 1 fully saturated rings. The topological polar surface area (TPSA) is 91.6 Å². The number of aromatic nitrogens is 3. The van der Waals surface area contributed by atoms with Crippen molar-refractivity contribution in [3.8, 4) is 0 Å². The Hall–Kier alpha value is -2.56. The number of amides is 1. The van der Waals surface area contributed by atoms with Crippen molar-refractivity contribution in [2.45, 2.75) is 44.4 Å². The fraction of sp³-hybridized carbons (Fsp3) is 0.391. The van der Waals surface area contributed by atoms with E-state index < -0.39 is 17.7 Å². The number of carboxylic acids is 1. The van der Waals surface area contributed by atoms with E-state index in [1.54, 1.807) is 41.5 Å². The molecule has 0 bridgehead atoms. The quantitative estimate of drug-likeness (QED) is 0.534. The standard InChI is InChI=1S/C23H26BrN5O3S/c1-22(2,3)16-7-6-15(12-17(16)24)20(30)29-19(18-25-9-11-33-18)27(4)13-23(29,21(31)32)14-28-10-5-8-26-28/h5-12,19H,13-14H2,1-4H3,(H,31,32). The van der Waals surface area contributed by atoms with Gasteiger partial charge >= 0.3 is 5.97 Å². The number of halogens is 1. The molecule has 2 atom stereocenters. The average molecular weight is 532 g/mol. The number of nitrogens with zero attached hydrogens (tertiary/aromatic N) is 5. The Morgan fingerprint density at radius 2 is 2.06 bits per heavy atom. The van der Waals surface area contributed by atoms with Crippen molar-refractivity contribution in [2.24, 2.45) is 0 Å². The number of carboxylic acid groups (broad SMARTS) is 1. The van der Waals surface area contributed by atoms with Crippen LogP contribution in [-0.2, 0) is 16.8 Å². The van der Waals surface area contributed by atoms with Gasteiger partial charge in [0.25, 0.3) is 5.91 Å². The first-order chi connectivity index (χ1) is 15.5. The van der Waals surface area contributed by atoms with Gasteiger partial charge in [0.1, 0.15) is 11.2 Å². The van der Waals surface area contributed by atoms with E-state index in [1.807, 2.05) is 23.4 Å². The highest BCUT2D eigenvalue weighted by Gasteiger charge is 2.58. The average Bonchev–Trinajstić information content (AvgIpc) is 3.47. The van der Waals surface area contributed by atoms with Gasteiger partial charge in [-0.1, -0.05) is 42.8 Å². The third-order valence-electron chi connectivity index (χ3n) is 5.93. The molecule has 1 saturated heterocycles. The van der Waals surface area contributed by atoms with Crippen molar-refractivity contribution < 1.29 is 14.7 Å². The van der Waals surface area contributed by atoms with Crippen LogP contribution in [-0.4, -0.2) is 60.7 Å².